The van der Waals surface area contributed by atoms with Crippen molar-refractivity contribution in [2.24, 2.45) is 0 Å². The standard InChI is InChI=1S/C32H33BrClN3O5/c1-5-41-31(40)28-27(25-15-12-23(34)16-26(25)35-28)29(30(39)36-32(2,3)4)37(19-38)17-20-8-13-24(14-9-20)42-18-21-6-10-22(33)11-7-21/h6-16,19,29,35H,5,17-18H2,1-4H3,(H,36,39). The fourth-order valence-electron chi connectivity index (χ4n) is 4.56. The van der Waals surface area contributed by atoms with Gasteiger partial charge in [-0.2, -0.15) is 0 Å². The smallest absolute Gasteiger partial charge is 0.355 e. The molecule has 0 spiro atoms. The van der Waals surface area contributed by atoms with Gasteiger partial charge in [-0.15, -0.1) is 0 Å². The first kappa shape index (κ1) is 31.1. The van der Waals surface area contributed by atoms with Crippen molar-refractivity contribution >= 4 is 56.7 Å². The van der Waals surface area contributed by atoms with Crippen LogP contribution >= 0.6 is 27.5 Å². The lowest BCUT2D eigenvalue weighted by atomic mass is 9.98. The quantitative estimate of drug-likeness (QED) is 0.135. The summed E-state index contributed by atoms with van der Waals surface area (Å²) >= 11 is 9.66. The maximum absolute atomic E-state index is 13.9. The molecule has 2 N–H and O–H groups in total. The number of nitrogens with one attached hydrogen (secondary N) is 2. The first-order chi connectivity index (χ1) is 20.0. The highest BCUT2D eigenvalue weighted by atomic mass is 79.9. The van der Waals surface area contributed by atoms with E-state index in [4.69, 9.17) is 21.1 Å². The molecule has 3 aromatic carbocycles. The van der Waals surface area contributed by atoms with Gasteiger partial charge in [0.1, 0.15) is 24.1 Å². The van der Waals surface area contributed by atoms with E-state index in [1.165, 1.54) is 4.90 Å². The number of H-pyrrole nitrogens is 1. The predicted octanol–water partition coefficient (Wildman–Crippen LogP) is 6.95. The Hall–Kier alpha value is -3.82. The van der Waals surface area contributed by atoms with Crippen LogP contribution in [0.15, 0.2) is 71.2 Å². The molecule has 1 heterocycles. The molecule has 220 valence electrons. The Morgan fingerprint density at radius 1 is 1.05 bits per heavy atom. The fourth-order valence-corrected chi connectivity index (χ4v) is 5.00. The highest BCUT2D eigenvalue weighted by Crippen LogP contribution is 2.35. The molecule has 4 aromatic rings. The van der Waals surface area contributed by atoms with Crippen LogP contribution in [0, 0.1) is 0 Å². The summed E-state index contributed by atoms with van der Waals surface area (Å²) in [6.45, 7) is 7.89. The highest BCUT2D eigenvalue weighted by Gasteiger charge is 2.36. The summed E-state index contributed by atoms with van der Waals surface area (Å²) in [7, 11) is 0. The predicted molar refractivity (Wildman–Crippen MR) is 166 cm³/mol. The molecular formula is C32H33BrClN3O5. The van der Waals surface area contributed by atoms with E-state index in [0.29, 0.717) is 40.3 Å². The van der Waals surface area contributed by atoms with Crippen LogP contribution in [0.1, 0.15) is 60.9 Å². The van der Waals surface area contributed by atoms with Crippen molar-refractivity contribution in [3.63, 3.8) is 0 Å². The van der Waals surface area contributed by atoms with Gasteiger partial charge in [0.25, 0.3) is 0 Å². The Labute approximate surface area is 258 Å². The Kier molecular flexibility index (Phi) is 9.96. The minimum atomic E-state index is -1.15. The number of aromatic amines is 1. The van der Waals surface area contributed by atoms with Crippen LogP contribution in [0.3, 0.4) is 0 Å². The number of esters is 1. The van der Waals surface area contributed by atoms with Gasteiger partial charge < -0.3 is 24.7 Å². The lowest BCUT2D eigenvalue weighted by Gasteiger charge is -2.31. The molecule has 1 atom stereocenters. The summed E-state index contributed by atoms with van der Waals surface area (Å²) < 4.78 is 12.2. The molecule has 0 fully saturated rings. The number of carbonyl (C=O) groups excluding carboxylic acids is 3. The third-order valence-corrected chi connectivity index (χ3v) is 7.14. The third-order valence-electron chi connectivity index (χ3n) is 6.37. The second kappa shape index (κ2) is 13.4. The molecule has 0 aliphatic rings. The molecule has 0 saturated carbocycles. The Morgan fingerprint density at radius 2 is 1.71 bits per heavy atom. The number of carbonyl (C=O) groups is 3. The number of nitrogens with zero attached hydrogens (tertiary/aromatic N) is 1. The number of benzene rings is 3. The zero-order chi connectivity index (χ0) is 30.4. The summed E-state index contributed by atoms with van der Waals surface area (Å²) in [6, 6.07) is 19.1. The van der Waals surface area contributed by atoms with Gasteiger partial charge >= 0.3 is 5.97 Å². The number of ether oxygens (including phenoxy) is 2. The summed E-state index contributed by atoms with van der Waals surface area (Å²) in [5.41, 5.74) is 2.17. The number of halogens is 2. The van der Waals surface area contributed by atoms with Crippen LogP contribution in [0.2, 0.25) is 5.02 Å². The molecule has 42 heavy (non-hydrogen) atoms. The van der Waals surface area contributed by atoms with Crippen LogP contribution < -0.4 is 10.1 Å². The van der Waals surface area contributed by atoms with Crippen molar-refractivity contribution < 1.29 is 23.9 Å². The molecule has 1 unspecified atom stereocenters. The van der Waals surface area contributed by atoms with Gasteiger partial charge in [0.15, 0.2) is 0 Å². The molecule has 8 nitrogen and oxygen atoms in total. The number of rotatable bonds is 11. The van der Waals surface area contributed by atoms with Gasteiger partial charge in [0, 0.05) is 38.0 Å². The zero-order valence-electron chi connectivity index (χ0n) is 23.9. The second-order valence-corrected chi connectivity index (χ2v) is 12.2. The first-order valence-electron chi connectivity index (χ1n) is 13.5. The van der Waals surface area contributed by atoms with Gasteiger partial charge in [-0.1, -0.05) is 57.9 Å². The molecule has 0 bridgehead atoms. The SMILES string of the molecule is CCOC(=O)c1[nH]c2cc(Cl)ccc2c1C(C(=O)NC(C)(C)C)N(C=O)Cc1ccc(OCc2ccc(Br)cc2)cc1. The van der Waals surface area contributed by atoms with Gasteiger partial charge in [-0.05, 0) is 75.2 Å². The van der Waals surface area contributed by atoms with E-state index in [-0.39, 0.29) is 18.8 Å². The number of aromatic nitrogens is 1. The van der Waals surface area contributed by atoms with Crippen molar-refractivity contribution in [3.8, 4) is 5.75 Å². The second-order valence-electron chi connectivity index (χ2n) is 10.8. The summed E-state index contributed by atoms with van der Waals surface area (Å²) in [5, 5.41) is 4.01. The van der Waals surface area contributed by atoms with Crippen LogP contribution in [-0.4, -0.2) is 40.3 Å². The van der Waals surface area contributed by atoms with Crippen LogP contribution in [0.4, 0.5) is 0 Å². The van der Waals surface area contributed by atoms with E-state index in [9.17, 15) is 14.4 Å². The molecule has 10 heteroatoms. The highest BCUT2D eigenvalue weighted by molar-refractivity contribution is 9.10. The van der Waals surface area contributed by atoms with Crippen LogP contribution in [0.25, 0.3) is 10.9 Å². The maximum Gasteiger partial charge on any atom is 0.355 e. The number of amides is 2. The normalized spacial score (nSPS) is 12.0. The fraction of sp³-hybridized carbons (Fsp3) is 0.281. The van der Waals surface area contributed by atoms with Crippen molar-refractivity contribution in [3.05, 3.63) is 98.6 Å². The maximum atomic E-state index is 13.9. The first-order valence-corrected chi connectivity index (χ1v) is 14.6. The van der Waals surface area contributed by atoms with Gasteiger partial charge in [0.2, 0.25) is 12.3 Å². The Balaban J connectivity index is 1.68. The molecule has 0 aliphatic carbocycles. The molecular weight excluding hydrogens is 622 g/mol. The lowest BCUT2D eigenvalue weighted by Crippen LogP contribution is -2.47. The largest absolute Gasteiger partial charge is 0.489 e. The van der Waals surface area contributed by atoms with Gasteiger partial charge in [0.05, 0.1) is 6.61 Å². The summed E-state index contributed by atoms with van der Waals surface area (Å²) in [6.07, 6.45) is 0.620. The van der Waals surface area contributed by atoms with Crippen LogP contribution in [0.5, 0.6) is 5.75 Å². The average Bonchev–Trinajstić information content (AvgIpc) is 3.30. The Bertz CT molecular complexity index is 1560. The molecule has 2 amide bonds. The zero-order valence-corrected chi connectivity index (χ0v) is 26.2. The molecule has 0 radical (unpaired) electrons. The molecule has 4 rings (SSSR count). The topological polar surface area (TPSA) is 101 Å². The molecule has 0 aliphatic heterocycles. The van der Waals surface area contributed by atoms with E-state index in [1.54, 1.807) is 25.1 Å². The molecule has 0 saturated heterocycles. The number of hydrogen-bond donors (Lipinski definition) is 2. The summed E-state index contributed by atoms with van der Waals surface area (Å²) in [5.74, 6) is -0.406. The van der Waals surface area contributed by atoms with E-state index in [0.717, 1.165) is 15.6 Å². The monoisotopic (exact) mass is 653 g/mol. The van der Waals surface area contributed by atoms with Gasteiger partial charge in [-0.3, -0.25) is 9.59 Å². The van der Waals surface area contributed by atoms with Crippen molar-refractivity contribution in [1.82, 2.24) is 15.2 Å². The van der Waals surface area contributed by atoms with E-state index in [2.05, 4.69) is 26.2 Å². The number of hydrogen-bond acceptors (Lipinski definition) is 5. The lowest BCUT2D eigenvalue weighted by molar-refractivity contribution is -0.134. The van der Waals surface area contributed by atoms with Gasteiger partial charge in [-0.25, -0.2) is 4.79 Å². The van der Waals surface area contributed by atoms with Crippen molar-refractivity contribution in [1.29, 1.82) is 0 Å². The third kappa shape index (κ3) is 7.72. The van der Waals surface area contributed by atoms with E-state index < -0.39 is 23.5 Å². The van der Waals surface area contributed by atoms with Crippen molar-refractivity contribution in [2.45, 2.75) is 52.4 Å². The molecule has 1 aromatic heterocycles. The van der Waals surface area contributed by atoms with Crippen LogP contribution in [-0.2, 0) is 27.5 Å². The number of fused-ring (bicyclic) bond motifs is 1. The van der Waals surface area contributed by atoms with E-state index >= 15 is 0 Å². The minimum Gasteiger partial charge on any atom is -0.489 e. The van der Waals surface area contributed by atoms with Crippen molar-refractivity contribution in [2.75, 3.05) is 6.61 Å². The summed E-state index contributed by atoms with van der Waals surface area (Å²) in [4.78, 5) is 44.0. The average molecular weight is 655 g/mol. The Morgan fingerprint density at radius 3 is 2.33 bits per heavy atom. The van der Waals surface area contributed by atoms with E-state index in [1.807, 2.05) is 69.3 Å². The minimum absolute atomic E-state index is 0.0896.